The molecule has 8 heteroatoms. The van der Waals surface area contributed by atoms with E-state index in [0.717, 1.165) is 18.7 Å². The monoisotopic (exact) mass is 305 g/mol. The van der Waals surface area contributed by atoms with E-state index in [-0.39, 0.29) is 11.7 Å². The predicted molar refractivity (Wildman–Crippen MR) is 77.2 cm³/mol. The molecule has 3 rings (SSSR count). The zero-order valence-corrected chi connectivity index (χ0v) is 12.0. The number of hydrogen-bond acceptors (Lipinski definition) is 4. The summed E-state index contributed by atoms with van der Waals surface area (Å²) in [5.74, 6) is 0.880. The number of ether oxygens (including phenoxy) is 1. The van der Waals surface area contributed by atoms with Crippen LogP contribution in [0.1, 0.15) is 12.2 Å². The Morgan fingerprint density at radius 1 is 1.50 bits per heavy atom. The van der Waals surface area contributed by atoms with E-state index in [4.69, 9.17) is 4.74 Å². The van der Waals surface area contributed by atoms with Gasteiger partial charge in [-0.1, -0.05) is 0 Å². The number of nitrogens with zero attached hydrogens (tertiary/aromatic N) is 3. The molecule has 0 spiro atoms. The molecule has 2 N–H and O–H groups in total. The number of nitrogens with one attached hydrogen (secondary N) is 2. The van der Waals surface area contributed by atoms with Gasteiger partial charge >= 0.3 is 6.03 Å². The van der Waals surface area contributed by atoms with E-state index in [0.29, 0.717) is 12.3 Å². The van der Waals surface area contributed by atoms with Crippen LogP contribution in [0.3, 0.4) is 0 Å². The summed E-state index contributed by atoms with van der Waals surface area (Å²) in [5.41, 5.74) is 0.289. The van der Waals surface area contributed by atoms with Gasteiger partial charge in [0.1, 0.15) is 23.7 Å². The molecule has 0 radical (unpaired) electrons. The maximum absolute atomic E-state index is 13.3. The fourth-order valence-corrected chi connectivity index (χ4v) is 2.48. The number of carbonyl (C=O) groups excluding carboxylic acids is 1. The van der Waals surface area contributed by atoms with Crippen molar-refractivity contribution in [1.82, 2.24) is 20.1 Å². The topological polar surface area (TPSA) is 81.1 Å². The first-order valence-electron chi connectivity index (χ1n) is 6.93. The summed E-state index contributed by atoms with van der Waals surface area (Å²) < 4.78 is 20.1. The Hall–Kier alpha value is -2.64. The number of anilines is 1. The smallest absolute Gasteiger partial charge is 0.319 e. The molecular weight excluding hydrogens is 289 g/mol. The van der Waals surface area contributed by atoms with E-state index in [1.165, 1.54) is 31.6 Å². The summed E-state index contributed by atoms with van der Waals surface area (Å²) in [6, 6.07) is 3.50. The zero-order valence-electron chi connectivity index (χ0n) is 12.0. The van der Waals surface area contributed by atoms with Crippen molar-refractivity contribution in [2.75, 3.05) is 12.4 Å². The number of benzene rings is 1. The van der Waals surface area contributed by atoms with Crippen LogP contribution >= 0.6 is 0 Å². The van der Waals surface area contributed by atoms with Crippen molar-refractivity contribution in [2.24, 2.45) is 0 Å². The Kier molecular flexibility index (Phi) is 3.90. The van der Waals surface area contributed by atoms with Gasteiger partial charge in [-0.2, -0.15) is 5.10 Å². The lowest BCUT2D eigenvalue weighted by Gasteiger charge is -2.23. The summed E-state index contributed by atoms with van der Waals surface area (Å²) >= 11 is 0. The van der Waals surface area contributed by atoms with Gasteiger partial charge < -0.3 is 15.4 Å². The lowest BCUT2D eigenvalue weighted by Crippen LogP contribution is -2.43. The van der Waals surface area contributed by atoms with Gasteiger partial charge in [0.05, 0.1) is 25.4 Å². The molecule has 0 aliphatic carbocycles. The van der Waals surface area contributed by atoms with E-state index >= 15 is 0 Å². The van der Waals surface area contributed by atoms with Crippen LogP contribution in [0.4, 0.5) is 14.9 Å². The second-order valence-corrected chi connectivity index (χ2v) is 5.04. The molecule has 7 nitrogen and oxygen atoms in total. The first-order chi connectivity index (χ1) is 10.7. The van der Waals surface area contributed by atoms with Crippen molar-refractivity contribution in [2.45, 2.75) is 25.4 Å². The van der Waals surface area contributed by atoms with Crippen LogP contribution in [0.5, 0.6) is 5.75 Å². The van der Waals surface area contributed by atoms with Crippen LogP contribution in [0, 0.1) is 5.82 Å². The number of halogens is 1. The average Bonchev–Trinajstić information content (AvgIpc) is 2.95. The first kappa shape index (κ1) is 14.3. The molecular formula is C14H16FN5O2. The van der Waals surface area contributed by atoms with E-state index in [1.807, 2.05) is 0 Å². The quantitative estimate of drug-likeness (QED) is 0.902. The van der Waals surface area contributed by atoms with Crippen molar-refractivity contribution in [1.29, 1.82) is 0 Å². The third-order valence-electron chi connectivity index (χ3n) is 3.55. The number of fused-ring (bicyclic) bond motifs is 1. The second kappa shape index (κ2) is 6.00. The average molecular weight is 305 g/mol. The molecule has 0 bridgehead atoms. The molecule has 0 saturated carbocycles. The minimum atomic E-state index is -0.443. The van der Waals surface area contributed by atoms with Crippen LogP contribution in [0.2, 0.25) is 0 Å². The SMILES string of the molecule is COc1ccc(F)cc1NC(=O)NC1CCc2ncnn2C1. The maximum atomic E-state index is 13.3. The highest BCUT2D eigenvalue weighted by atomic mass is 19.1. The van der Waals surface area contributed by atoms with Gasteiger partial charge in [-0.3, -0.25) is 0 Å². The molecule has 116 valence electrons. The molecule has 22 heavy (non-hydrogen) atoms. The number of amides is 2. The molecule has 0 saturated heterocycles. The van der Waals surface area contributed by atoms with Gasteiger partial charge in [-0.05, 0) is 18.6 Å². The number of aryl methyl sites for hydroxylation is 1. The lowest BCUT2D eigenvalue weighted by molar-refractivity contribution is 0.243. The third kappa shape index (κ3) is 3.00. The van der Waals surface area contributed by atoms with Crippen LogP contribution in [0.25, 0.3) is 0 Å². The third-order valence-corrected chi connectivity index (χ3v) is 3.55. The molecule has 1 aromatic carbocycles. The van der Waals surface area contributed by atoms with Gasteiger partial charge in [0.15, 0.2) is 0 Å². The standard InChI is InChI=1S/C14H16FN5O2/c1-22-12-4-2-9(15)6-11(12)19-14(21)18-10-3-5-13-16-8-17-20(13)7-10/h2,4,6,8,10H,3,5,7H2,1H3,(H2,18,19,21). The van der Waals surface area contributed by atoms with E-state index in [9.17, 15) is 9.18 Å². The van der Waals surface area contributed by atoms with Gasteiger partial charge in [-0.15, -0.1) is 0 Å². The Morgan fingerprint density at radius 3 is 3.18 bits per heavy atom. The highest BCUT2D eigenvalue weighted by Gasteiger charge is 2.21. The highest BCUT2D eigenvalue weighted by molar-refractivity contribution is 5.91. The normalized spacial score (nSPS) is 16.7. The summed E-state index contributed by atoms with van der Waals surface area (Å²) in [5, 5.41) is 9.56. The largest absolute Gasteiger partial charge is 0.495 e. The van der Waals surface area contributed by atoms with Crippen LogP contribution in [-0.2, 0) is 13.0 Å². The summed E-state index contributed by atoms with van der Waals surface area (Å²) in [6.45, 7) is 0.572. The zero-order chi connectivity index (χ0) is 15.5. The summed E-state index contributed by atoms with van der Waals surface area (Å²) in [7, 11) is 1.46. The molecule has 2 aromatic rings. The fraction of sp³-hybridized carbons (Fsp3) is 0.357. The van der Waals surface area contributed by atoms with Crippen LogP contribution < -0.4 is 15.4 Å². The lowest BCUT2D eigenvalue weighted by atomic mass is 10.1. The van der Waals surface area contributed by atoms with Crippen molar-refractivity contribution >= 4 is 11.7 Å². The summed E-state index contributed by atoms with van der Waals surface area (Å²) in [6.07, 6.45) is 3.05. The van der Waals surface area contributed by atoms with Crippen LogP contribution in [0.15, 0.2) is 24.5 Å². The predicted octanol–water partition coefficient (Wildman–Crippen LogP) is 1.56. The Labute approximate surface area is 126 Å². The van der Waals surface area contributed by atoms with Gasteiger partial charge in [0.2, 0.25) is 0 Å². The minimum absolute atomic E-state index is 0.0474. The molecule has 0 fully saturated rings. The molecule has 1 aromatic heterocycles. The van der Waals surface area contributed by atoms with E-state index in [1.54, 1.807) is 4.68 Å². The minimum Gasteiger partial charge on any atom is -0.495 e. The number of hydrogen-bond donors (Lipinski definition) is 2. The van der Waals surface area contributed by atoms with Crippen molar-refractivity contribution in [3.05, 3.63) is 36.2 Å². The fourth-order valence-electron chi connectivity index (χ4n) is 2.48. The van der Waals surface area contributed by atoms with Crippen LogP contribution in [-0.4, -0.2) is 33.9 Å². The van der Waals surface area contributed by atoms with Crippen molar-refractivity contribution in [3.8, 4) is 5.75 Å². The van der Waals surface area contributed by atoms with E-state index in [2.05, 4.69) is 20.7 Å². The summed E-state index contributed by atoms with van der Waals surface area (Å²) in [4.78, 5) is 16.2. The first-order valence-corrected chi connectivity index (χ1v) is 6.93. The van der Waals surface area contributed by atoms with Crippen molar-refractivity contribution in [3.63, 3.8) is 0 Å². The molecule has 1 aliphatic heterocycles. The van der Waals surface area contributed by atoms with Gasteiger partial charge in [-0.25, -0.2) is 18.9 Å². The number of urea groups is 1. The second-order valence-electron chi connectivity index (χ2n) is 5.04. The molecule has 1 unspecified atom stereocenters. The number of aromatic nitrogens is 3. The Morgan fingerprint density at radius 2 is 2.36 bits per heavy atom. The number of rotatable bonds is 3. The molecule has 1 aliphatic rings. The highest BCUT2D eigenvalue weighted by Crippen LogP contribution is 2.24. The van der Waals surface area contributed by atoms with E-state index < -0.39 is 11.8 Å². The maximum Gasteiger partial charge on any atom is 0.319 e. The molecule has 2 heterocycles. The number of methoxy groups -OCH3 is 1. The number of carbonyl (C=O) groups is 1. The van der Waals surface area contributed by atoms with Gasteiger partial charge in [0.25, 0.3) is 0 Å². The van der Waals surface area contributed by atoms with Crippen molar-refractivity contribution < 1.29 is 13.9 Å². The Bertz CT molecular complexity index is 688. The molecule has 2 amide bonds. The molecule has 1 atom stereocenters. The Balaban J connectivity index is 1.63. The van der Waals surface area contributed by atoms with Gasteiger partial charge in [0, 0.05) is 12.5 Å².